The molecule has 1 N–H and O–H groups in total. The Labute approximate surface area is 127 Å². The molecular formula is C14H17BrN4O. The number of nitrogens with zero attached hydrogens (tertiary/aromatic N) is 3. The lowest BCUT2D eigenvalue weighted by molar-refractivity contribution is -0.130. The fourth-order valence-electron chi connectivity index (χ4n) is 2.07. The Bertz CT molecular complexity index is 532. The molecule has 0 aromatic heterocycles. The summed E-state index contributed by atoms with van der Waals surface area (Å²) in [4.78, 5) is 16.2. The Hall–Kier alpha value is -1.58. The predicted molar refractivity (Wildman–Crippen MR) is 81.4 cm³/mol. The first kappa shape index (κ1) is 14.8. The largest absolute Gasteiger partial charge is 0.375 e. The number of hydrogen-bond acceptors (Lipinski definition) is 4. The van der Waals surface area contributed by atoms with Crippen LogP contribution >= 0.6 is 15.9 Å². The van der Waals surface area contributed by atoms with Crippen molar-refractivity contribution in [3.8, 4) is 6.07 Å². The number of carbonyl (C=O) groups is 1. The van der Waals surface area contributed by atoms with E-state index in [0.29, 0.717) is 5.56 Å². The lowest BCUT2D eigenvalue weighted by Crippen LogP contribution is -2.48. The van der Waals surface area contributed by atoms with E-state index in [1.54, 1.807) is 18.2 Å². The zero-order chi connectivity index (χ0) is 14.5. The van der Waals surface area contributed by atoms with E-state index in [1.165, 1.54) is 0 Å². The van der Waals surface area contributed by atoms with Gasteiger partial charge in [0.2, 0.25) is 5.91 Å². The van der Waals surface area contributed by atoms with Crippen LogP contribution in [0.4, 0.5) is 5.69 Å². The van der Waals surface area contributed by atoms with E-state index in [2.05, 4.69) is 39.3 Å². The molecule has 0 bridgehead atoms. The number of carbonyl (C=O) groups excluding carboxylic acids is 1. The van der Waals surface area contributed by atoms with Gasteiger partial charge in [-0.2, -0.15) is 5.26 Å². The van der Waals surface area contributed by atoms with E-state index in [1.807, 2.05) is 4.90 Å². The summed E-state index contributed by atoms with van der Waals surface area (Å²) in [5, 5.41) is 11.9. The second-order valence-electron chi connectivity index (χ2n) is 4.84. The highest BCUT2D eigenvalue weighted by molar-refractivity contribution is 9.10. The van der Waals surface area contributed by atoms with Crippen molar-refractivity contribution in [3.63, 3.8) is 0 Å². The minimum atomic E-state index is 0.106. The molecule has 5 nitrogen and oxygen atoms in total. The third-order valence-corrected chi connectivity index (χ3v) is 4.04. The molecule has 1 amide bonds. The van der Waals surface area contributed by atoms with E-state index in [0.717, 1.165) is 36.3 Å². The predicted octanol–water partition coefficient (Wildman–Crippen LogP) is 1.51. The average Bonchev–Trinajstić information content (AvgIpc) is 2.46. The third-order valence-electron chi connectivity index (χ3n) is 3.38. The SMILES string of the molecule is CN1CCN(C(=O)CNc2ccc(C#N)cc2Br)CC1. The average molecular weight is 337 g/mol. The van der Waals surface area contributed by atoms with Crippen LogP contribution in [0, 0.1) is 11.3 Å². The van der Waals surface area contributed by atoms with Gasteiger partial charge in [-0.05, 0) is 41.2 Å². The number of amides is 1. The van der Waals surface area contributed by atoms with Crippen LogP contribution in [0.15, 0.2) is 22.7 Å². The summed E-state index contributed by atoms with van der Waals surface area (Å²) in [7, 11) is 2.06. The van der Waals surface area contributed by atoms with E-state index in [9.17, 15) is 4.79 Å². The summed E-state index contributed by atoms with van der Waals surface area (Å²) in [5.74, 6) is 0.106. The van der Waals surface area contributed by atoms with Gasteiger partial charge < -0.3 is 15.1 Å². The summed E-state index contributed by atoms with van der Waals surface area (Å²) in [6.07, 6.45) is 0. The second kappa shape index (κ2) is 6.73. The Morgan fingerprint density at radius 1 is 1.40 bits per heavy atom. The van der Waals surface area contributed by atoms with Crippen molar-refractivity contribution in [1.82, 2.24) is 9.80 Å². The molecule has 0 radical (unpaired) electrons. The number of nitriles is 1. The van der Waals surface area contributed by atoms with Gasteiger partial charge >= 0.3 is 0 Å². The van der Waals surface area contributed by atoms with Crippen molar-refractivity contribution in [2.24, 2.45) is 0 Å². The molecule has 1 saturated heterocycles. The van der Waals surface area contributed by atoms with E-state index in [-0.39, 0.29) is 12.5 Å². The Kier molecular flexibility index (Phi) is 4.99. The summed E-state index contributed by atoms with van der Waals surface area (Å²) < 4.78 is 0.794. The van der Waals surface area contributed by atoms with Crippen molar-refractivity contribution in [1.29, 1.82) is 5.26 Å². The summed E-state index contributed by atoms with van der Waals surface area (Å²) >= 11 is 3.40. The van der Waals surface area contributed by atoms with Crippen molar-refractivity contribution >= 4 is 27.5 Å². The van der Waals surface area contributed by atoms with Crippen molar-refractivity contribution < 1.29 is 4.79 Å². The molecule has 6 heteroatoms. The molecule has 1 fully saturated rings. The van der Waals surface area contributed by atoms with E-state index in [4.69, 9.17) is 5.26 Å². The van der Waals surface area contributed by atoms with Crippen LogP contribution in [0.1, 0.15) is 5.56 Å². The smallest absolute Gasteiger partial charge is 0.241 e. The lowest BCUT2D eigenvalue weighted by Gasteiger charge is -2.32. The minimum absolute atomic E-state index is 0.106. The number of hydrogen-bond donors (Lipinski definition) is 1. The summed E-state index contributed by atoms with van der Waals surface area (Å²) in [6, 6.07) is 7.35. The maximum Gasteiger partial charge on any atom is 0.241 e. The summed E-state index contributed by atoms with van der Waals surface area (Å²) in [5.41, 5.74) is 1.42. The van der Waals surface area contributed by atoms with Crippen molar-refractivity contribution in [2.75, 3.05) is 45.1 Å². The topological polar surface area (TPSA) is 59.4 Å². The van der Waals surface area contributed by atoms with Crippen molar-refractivity contribution in [3.05, 3.63) is 28.2 Å². The minimum Gasteiger partial charge on any atom is -0.375 e. The summed E-state index contributed by atoms with van der Waals surface area (Å²) in [6.45, 7) is 3.68. The van der Waals surface area contributed by atoms with Gasteiger partial charge in [0.05, 0.1) is 18.2 Å². The molecule has 0 aliphatic carbocycles. The molecule has 106 valence electrons. The zero-order valence-corrected chi connectivity index (χ0v) is 13.0. The Balaban J connectivity index is 1.89. The van der Waals surface area contributed by atoms with Gasteiger partial charge in [0.15, 0.2) is 0 Å². The fourth-order valence-corrected chi connectivity index (χ4v) is 2.59. The molecule has 1 aliphatic heterocycles. The molecule has 0 atom stereocenters. The molecule has 1 aliphatic rings. The molecule has 0 spiro atoms. The molecule has 2 rings (SSSR count). The van der Waals surface area contributed by atoms with Crippen LogP contribution < -0.4 is 5.32 Å². The standard InChI is InChI=1S/C14H17BrN4O/c1-18-4-6-19(7-5-18)14(20)10-17-13-3-2-11(9-16)8-12(13)15/h2-3,8,17H,4-7,10H2,1H3. The van der Waals surface area contributed by atoms with Gasteiger partial charge in [-0.25, -0.2) is 0 Å². The first-order chi connectivity index (χ1) is 9.60. The first-order valence-corrected chi connectivity index (χ1v) is 7.29. The van der Waals surface area contributed by atoms with Crippen LogP contribution in [0.3, 0.4) is 0 Å². The van der Waals surface area contributed by atoms with Gasteiger partial charge in [-0.15, -0.1) is 0 Å². The number of rotatable bonds is 3. The van der Waals surface area contributed by atoms with Crippen LogP contribution in [-0.2, 0) is 4.79 Å². The Morgan fingerprint density at radius 3 is 2.70 bits per heavy atom. The van der Waals surface area contributed by atoms with Crippen LogP contribution in [0.2, 0.25) is 0 Å². The third kappa shape index (κ3) is 3.71. The number of halogens is 1. The quantitative estimate of drug-likeness (QED) is 0.908. The van der Waals surface area contributed by atoms with Crippen LogP contribution in [0.5, 0.6) is 0 Å². The molecule has 1 aromatic carbocycles. The Morgan fingerprint density at radius 2 is 2.10 bits per heavy atom. The number of nitrogens with one attached hydrogen (secondary N) is 1. The normalized spacial score (nSPS) is 15.8. The van der Waals surface area contributed by atoms with Gasteiger partial charge in [0.1, 0.15) is 0 Å². The first-order valence-electron chi connectivity index (χ1n) is 6.50. The van der Waals surface area contributed by atoms with Crippen LogP contribution in [0.25, 0.3) is 0 Å². The van der Waals surface area contributed by atoms with E-state index >= 15 is 0 Å². The maximum absolute atomic E-state index is 12.1. The van der Waals surface area contributed by atoms with Gasteiger partial charge in [-0.3, -0.25) is 4.79 Å². The van der Waals surface area contributed by atoms with Gasteiger partial charge in [0.25, 0.3) is 0 Å². The molecule has 1 aromatic rings. The number of likely N-dealkylation sites (N-methyl/N-ethyl adjacent to an activating group) is 1. The number of piperazine rings is 1. The molecule has 0 unspecified atom stereocenters. The zero-order valence-electron chi connectivity index (χ0n) is 11.4. The maximum atomic E-state index is 12.1. The molecular weight excluding hydrogens is 320 g/mol. The number of anilines is 1. The molecule has 0 saturated carbocycles. The highest BCUT2D eigenvalue weighted by atomic mass is 79.9. The second-order valence-corrected chi connectivity index (χ2v) is 5.70. The van der Waals surface area contributed by atoms with Gasteiger partial charge in [-0.1, -0.05) is 0 Å². The monoisotopic (exact) mass is 336 g/mol. The highest BCUT2D eigenvalue weighted by Gasteiger charge is 2.18. The number of benzene rings is 1. The van der Waals surface area contributed by atoms with Crippen LogP contribution in [-0.4, -0.2) is 55.5 Å². The van der Waals surface area contributed by atoms with E-state index < -0.39 is 0 Å². The molecule has 20 heavy (non-hydrogen) atoms. The highest BCUT2D eigenvalue weighted by Crippen LogP contribution is 2.23. The molecule has 1 heterocycles. The lowest BCUT2D eigenvalue weighted by atomic mass is 10.2. The fraction of sp³-hybridized carbons (Fsp3) is 0.429. The van der Waals surface area contributed by atoms with Gasteiger partial charge in [0, 0.05) is 36.3 Å². The van der Waals surface area contributed by atoms with Crippen molar-refractivity contribution in [2.45, 2.75) is 0 Å².